The summed E-state index contributed by atoms with van der Waals surface area (Å²) < 4.78 is 16.0. The Kier molecular flexibility index (Phi) is 5.52. The molecule has 1 aromatic heterocycles. The monoisotopic (exact) mass is 431 g/mol. The molecule has 32 heavy (non-hydrogen) atoms. The molecule has 0 aliphatic carbocycles. The molecule has 3 aromatic rings. The molecule has 5 nitrogen and oxygen atoms in total. The molecule has 1 fully saturated rings. The maximum atomic E-state index is 14.2. The fraction of sp³-hybridized carbons (Fsp3) is 0.308. The van der Waals surface area contributed by atoms with Gasteiger partial charge in [0.15, 0.2) is 0 Å². The average Bonchev–Trinajstić information content (AvgIpc) is 2.85. The van der Waals surface area contributed by atoms with Crippen LogP contribution in [-0.2, 0) is 13.0 Å². The highest BCUT2D eigenvalue weighted by Crippen LogP contribution is 2.30. The summed E-state index contributed by atoms with van der Waals surface area (Å²) >= 11 is 0. The lowest BCUT2D eigenvalue weighted by molar-refractivity contribution is 0.0744. The molecule has 2 aliphatic rings. The number of nitrogens with zero attached hydrogens (tertiary/aromatic N) is 3. The zero-order chi connectivity index (χ0) is 22.1. The van der Waals surface area contributed by atoms with Crippen LogP contribution in [0.25, 0.3) is 11.1 Å². The zero-order valence-corrected chi connectivity index (χ0v) is 18.0. The molecule has 164 valence electrons. The third-order valence-electron chi connectivity index (χ3n) is 6.52. The molecule has 0 atom stereocenters. The summed E-state index contributed by atoms with van der Waals surface area (Å²) in [6, 6.07) is 18.0. The van der Waals surface area contributed by atoms with Gasteiger partial charge in [-0.2, -0.15) is 0 Å². The van der Waals surface area contributed by atoms with Crippen LogP contribution in [0, 0.1) is 5.82 Å². The fourth-order valence-corrected chi connectivity index (χ4v) is 4.87. The van der Waals surface area contributed by atoms with Crippen molar-refractivity contribution >= 4 is 11.6 Å². The van der Waals surface area contributed by atoms with E-state index < -0.39 is 0 Å². The predicted octanol–water partition coefficient (Wildman–Crippen LogP) is 3.95. The Morgan fingerprint density at radius 2 is 1.56 bits per heavy atom. The summed E-state index contributed by atoms with van der Waals surface area (Å²) in [6.07, 6.45) is 2.65. The summed E-state index contributed by atoms with van der Waals surface area (Å²) in [5.41, 5.74) is 3.63. The fourth-order valence-electron chi connectivity index (χ4n) is 4.87. The minimum atomic E-state index is -0.241. The lowest BCUT2D eigenvalue weighted by Gasteiger charge is -2.37. The van der Waals surface area contributed by atoms with Crippen LogP contribution in [0.2, 0.25) is 0 Å². The number of carbonyl (C=O) groups is 1. The van der Waals surface area contributed by atoms with Crippen LogP contribution < -0.4 is 10.5 Å². The number of pyridine rings is 1. The quantitative estimate of drug-likeness (QED) is 0.631. The normalized spacial score (nSPS) is 16.0. The number of hydrogen-bond donors (Lipinski definition) is 0. The second kappa shape index (κ2) is 8.61. The molecule has 2 aliphatic heterocycles. The van der Waals surface area contributed by atoms with E-state index in [1.165, 1.54) is 6.07 Å². The Labute approximate surface area is 186 Å². The highest BCUT2D eigenvalue weighted by Gasteiger charge is 2.29. The Hall–Kier alpha value is -3.41. The number of halogens is 1. The van der Waals surface area contributed by atoms with Crippen molar-refractivity contribution in [1.29, 1.82) is 0 Å². The second-order valence-electron chi connectivity index (χ2n) is 8.42. The number of aromatic nitrogens is 1. The minimum Gasteiger partial charge on any atom is -0.366 e. The first-order valence-electron chi connectivity index (χ1n) is 11.2. The molecule has 1 amide bonds. The van der Waals surface area contributed by atoms with Crippen molar-refractivity contribution in [2.75, 3.05) is 31.1 Å². The van der Waals surface area contributed by atoms with E-state index >= 15 is 0 Å². The van der Waals surface area contributed by atoms with Gasteiger partial charge < -0.3 is 14.4 Å². The van der Waals surface area contributed by atoms with Gasteiger partial charge in [0.1, 0.15) is 5.82 Å². The van der Waals surface area contributed by atoms with Crippen molar-refractivity contribution in [3.63, 3.8) is 0 Å². The zero-order valence-electron chi connectivity index (χ0n) is 18.0. The number of para-hydroxylation sites is 1. The van der Waals surface area contributed by atoms with Crippen LogP contribution in [0.1, 0.15) is 28.9 Å². The number of benzene rings is 2. The molecular weight excluding hydrogens is 405 g/mol. The minimum absolute atomic E-state index is 0.0392. The van der Waals surface area contributed by atoms with Crippen LogP contribution >= 0.6 is 0 Å². The Bertz CT molecular complexity index is 1200. The van der Waals surface area contributed by atoms with E-state index in [-0.39, 0.29) is 17.3 Å². The lowest BCUT2D eigenvalue weighted by atomic mass is 9.93. The summed E-state index contributed by atoms with van der Waals surface area (Å²) in [4.78, 5) is 30.5. The van der Waals surface area contributed by atoms with Crippen LogP contribution in [0.4, 0.5) is 10.1 Å². The van der Waals surface area contributed by atoms with Gasteiger partial charge in [-0.05, 0) is 37.0 Å². The van der Waals surface area contributed by atoms with Crippen molar-refractivity contribution in [1.82, 2.24) is 9.47 Å². The maximum absolute atomic E-state index is 14.2. The highest BCUT2D eigenvalue weighted by molar-refractivity contribution is 6.02. The first-order chi connectivity index (χ1) is 15.6. The smallest absolute Gasteiger partial charge is 0.256 e. The number of amides is 1. The molecule has 6 heteroatoms. The van der Waals surface area contributed by atoms with Crippen LogP contribution in [0.5, 0.6) is 0 Å². The van der Waals surface area contributed by atoms with Gasteiger partial charge in [0.05, 0.1) is 11.3 Å². The molecule has 1 saturated heterocycles. The average molecular weight is 432 g/mol. The first-order valence-corrected chi connectivity index (χ1v) is 11.2. The number of carbonyl (C=O) groups excluding carboxylic acids is 1. The van der Waals surface area contributed by atoms with E-state index in [4.69, 9.17) is 0 Å². The third-order valence-corrected chi connectivity index (χ3v) is 6.52. The van der Waals surface area contributed by atoms with Gasteiger partial charge >= 0.3 is 0 Å². The van der Waals surface area contributed by atoms with E-state index in [1.54, 1.807) is 22.8 Å². The second-order valence-corrected chi connectivity index (χ2v) is 8.42. The number of anilines is 1. The molecule has 0 bridgehead atoms. The van der Waals surface area contributed by atoms with Crippen molar-refractivity contribution in [3.8, 4) is 11.1 Å². The van der Waals surface area contributed by atoms with Gasteiger partial charge in [-0.3, -0.25) is 9.59 Å². The maximum Gasteiger partial charge on any atom is 0.256 e. The molecule has 0 N–H and O–H groups in total. The van der Waals surface area contributed by atoms with Gasteiger partial charge in [0.2, 0.25) is 0 Å². The Morgan fingerprint density at radius 1 is 0.844 bits per heavy atom. The first kappa shape index (κ1) is 20.5. The molecule has 0 spiro atoms. The van der Waals surface area contributed by atoms with E-state index in [0.29, 0.717) is 49.5 Å². The molecule has 3 heterocycles. The van der Waals surface area contributed by atoms with Crippen molar-refractivity contribution < 1.29 is 9.18 Å². The molecule has 2 aromatic carbocycles. The van der Waals surface area contributed by atoms with Gasteiger partial charge in [0, 0.05) is 50.0 Å². The number of rotatable bonds is 3. The number of hydrogen-bond acceptors (Lipinski definition) is 3. The van der Waals surface area contributed by atoms with Crippen LogP contribution in [0.3, 0.4) is 0 Å². The van der Waals surface area contributed by atoms with Crippen LogP contribution in [-0.4, -0.2) is 41.6 Å². The largest absolute Gasteiger partial charge is 0.366 e. The molecule has 0 unspecified atom stereocenters. The Balaban J connectivity index is 1.49. The summed E-state index contributed by atoms with van der Waals surface area (Å²) in [5.74, 6) is -0.280. The third kappa shape index (κ3) is 3.70. The predicted molar refractivity (Wildman–Crippen MR) is 124 cm³/mol. The number of fused-ring (bicyclic) bond motifs is 1. The van der Waals surface area contributed by atoms with Gasteiger partial charge in [-0.15, -0.1) is 0 Å². The highest BCUT2D eigenvalue weighted by atomic mass is 19.1. The standard InChI is InChI=1S/C26H26FN3O2/c27-21-10-4-5-11-22(21)28-14-16-29(17-15-28)26(32)25-20(19-8-2-1-3-9-19)18-24(31)30-13-7-6-12-23(25)30/h1-5,8-11,18H,6-7,12-17H2. The van der Waals surface area contributed by atoms with E-state index in [2.05, 4.69) is 0 Å². The van der Waals surface area contributed by atoms with E-state index in [9.17, 15) is 14.0 Å². The molecule has 0 saturated carbocycles. The van der Waals surface area contributed by atoms with Crippen molar-refractivity contribution in [3.05, 3.63) is 88.1 Å². The lowest BCUT2D eigenvalue weighted by Crippen LogP contribution is -2.49. The molecule has 5 rings (SSSR count). The summed E-state index contributed by atoms with van der Waals surface area (Å²) in [5, 5.41) is 0. The topological polar surface area (TPSA) is 45.6 Å². The van der Waals surface area contributed by atoms with Gasteiger partial charge in [-0.25, -0.2) is 4.39 Å². The number of piperazine rings is 1. The van der Waals surface area contributed by atoms with Crippen molar-refractivity contribution in [2.45, 2.75) is 25.8 Å². The van der Waals surface area contributed by atoms with E-state index in [0.717, 1.165) is 30.5 Å². The molecule has 0 radical (unpaired) electrons. The van der Waals surface area contributed by atoms with Crippen molar-refractivity contribution in [2.24, 2.45) is 0 Å². The SMILES string of the molecule is O=C(c1c(-c2ccccc2)cc(=O)n2c1CCCC2)N1CCN(c2ccccc2F)CC1. The van der Waals surface area contributed by atoms with Gasteiger partial charge in [-0.1, -0.05) is 42.5 Å². The molecular formula is C26H26FN3O2. The summed E-state index contributed by atoms with van der Waals surface area (Å²) in [7, 11) is 0. The van der Waals surface area contributed by atoms with E-state index in [1.807, 2.05) is 46.2 Å². The van der Waals surface area contributed by atoms with Crippen LogP contribution in [0.15, 0.2) is 65.5 Å². The van der Waals surface area contributed by atoms with Gasteiger partial charge in [0.25, 0.3) is 11.5 Å². The summed E-state index contributed by atoms with van der Waals surface area (Å²) in [6.45, 7) is 2.83. The Morgan fingerprint density at radius 3 is 2.31 bits per heavy atom.